The number of urea groups is 1. The number of halogens is 4. The normalized spacial score (nSPS) is 10.2. The minimum Gasteiger partial charge on any atom is -0.268 e. The Kier molecular flexibility index (Phi) is 4.81. The third kappa shape index (κ3) is 3.11. The fraction of sp³-hybridized carbons (Fsp3) is 0. The van der Waals surface area contributed by atoms with Crippen LogP contribution in [0.5, 0.6) is 0 Å². The van der Waals surface area contributed by atoms with Crippen LogP contribution in [0.15, 0.2) is 46.9 Å². The number of rotatable bonds is 2. The highest BCUT2D eigenvalue weighted by atomic mass is 79.9. The first kappa shape index (κ1) is 16.0. The zero-order chi connectivity index (χ0) is 16.3. The Bertz CT molecular complexity index is 702. The number of hydrogen-bond acceptors (Lipinski definition) is 2. The Morgan fingerprint density at radius 3 is 2.05 bits per heavy atom. The maximum absolute atomic E-state index is 13.7. The molecule has 0 spiro atoms. The molecule has 114 valence electrons. The van der Waals surface area contributed by atoms with Crippen LogP contribution in [-0.2, 0) is 0 Å². The molecule has 1 N–H and O–H groups in total. The van der Waals surface area contributed by atoms with Crippen molar-refractivity contribution in [1.29, 1.82) is 0 Å². The summed E-state index contributed by atoms with van der Waals surface area (Å²) in [5.74, 6) is -3.63. The Labute approximate surface area is 131 Å². The smallest absolute Gasteiger partial charge is 0.268 e. The second-order valence-electron chi connectivity index (χ2n) is 4.11. The summed E-state index contributed by atoms with van der Waals surface area (Å²) in [4.78, 5) is 24.2. The van der Waals surface area contributed by atoms with E-state index in [4.69, 9.17) is 0 Å². The molecule has 2 rings (SSSR count). The molecule has 0 aliphatic heterocycles. The Hall–Kier alpha value is -2.35. The highest BCUT2D eigenvalue weighted by Crippen LogP contribution is 2.23. The zero-order valence-electron chi connectivity index (χ0n) is 10.8. The summed E-state index contributed by atoms with van der Waals surface area (Å²) in [5, 5.41) is 0. The summed E-state index contributed by atoms with van der Waals surface area (Å²) in [7, 11) is 0. The highest BCUT2D eigenvalue weighted by Gasteiger charge is 2.29. The molecule has 0 atom stereocenters. The molecular weight excluding hydrogens is 365 g/mol. The van der Waals surface area contributed by atoms with E-state index in [-0.39, 0.29) is 5.69 Å². The largest absolute Gasteiger partial charge is 0.357 e. The average molecular weight is 373 g/mol. The van der Waals surface area contributed by atoms with Gasteiger partial charge in [-0.1, -0.05) is 26.5 Å². The van der Waals surface area contributed by atoms with Gasteiger partial charge in [0.15, 0.2) is 0 Å². The number of carbonyl (C=O) groups excluding carboxylic acids is 2. The molecule has 0 saturated carbocycles. The molecule has 0 aliphatic carbocycles. The van der Waals surface area contributed by atoms with E-state index < -0.39 is 29.1 Å². The lowest BCUT2D eigenvalue weighted by Crippen LogP contribution is -2.42. The van der Waals surface area contributed by atoms with Crippen molar-refractivity contribution in [2.75, 3.05) is 4.90 Å². The van der Waals surface area contributed by atoms with Gasteiger partial charge in [-0.25, -0.2) is 18.5 Å². The summed E-state index contributed by atoms with van der Waals surface area (Å²) >= 11 is 3.16. The van der Waals surface area contributed by atoms with Crippen molar-refractivity contribution in [3.63, 3.8) is 0 Å². The molecule has 0 aromatic heterocycles. The third-order valence-electron chi connectivity index (χ3n) is 2.75. The second kappa shape index (κ2) is 6.61. The molecular formula is C14H8BrF3N2O2. The molecule has 3 amide bonds. The average Bonchev–Trinajstić information content (AvgIpc) is 2.49. The summed E-state index contributed by atoms with van der Waals surface area (Å²) in [6.07, 6.45) is 0. The van der Waals surface area contributed by atoms with Crippen molar-refractivity contribution in [1.82, 2.24) is 5.54 Å². The standard InChI is InChI=1S/C14H8BrF3N2O2/c15-8-4-6-9(7-5-8)20(14(22)19-18)13(21)12-10(16)2-1-3-11(12)17/h1-7H,(H,19,22). The third-order valence-corrected chi connectivity index (χ3v) is 3.28. The predicted molar refractivity (Wildman–Crippen MR) is 76.9 cm³/mol. The Morgan fingerprint density at radius 1 is 1.00 bits per heavy atom. The Morgan fingerprint density at radius 2 is 1.55 bits per heavy atom. The van der Waals surface area contributed by atoms with Gasteiger partial charge < -0.3 is 0 Å². The monoisotopic (exact) mass is 372 g/mol. The van der Waals surface area contributed by atoms with Crippen molar-refractivity contribution in [2.45, 2.75) is 0 Å². The molecule has 2 aromatic rings. The number of anilines is 1. The molecule has 0 unspecified atom stereocenters. The van der Waals surface area contributed by atoms with Crippen LogP contribution in [0.1, 0.15) is 10.4 Å². The highest BCUT2D eigenvalue weighted by molar-refractivity contribution is 9.10. The van der Waals surface area contributed by atoms with E-state index in [0.29, 0.717) is 9.37 Å². The first-order valence-corrected chi connectivity index (χ1v) is 6.69. The number of amides is 3. The van der Waals surface area contributed by atoms with Gasteiger partial charge in [-0.3, -0.25) is 4.79 Å². The molecule has 4 nitrogen and oxygen atoms in total. The summed E-state index contributed by atoms with van der Waals surface area (Å²) in [6.45, 7) is 0. The van der Waals surface area contributed by atoms with E-state index in [0.717, 1.165) is 23.7 Å². The van der Waals surface area contributed by atoms with Crippen LogP contribution in [0.2, 0.25) is 0 Å². The SMILES string of the molecule is O=C(NF)N(C(=O)c1c(F)cccc1F)c1ccc(Br)cc1. The lowest BCUT2D eigenvalue weighted by Gasteiger charge is -2.20. The molecule has 22 heavy (non-hydrogen) atoms. The summed E-state index contributed by atoms with van der Waals surface area (Å²) in [6, 6.07) is 6.94. The van der Waals surface area contributed by atoms with Crippen molar-refractivity contribution in [2.24, 2.45) is 0 Å². The molecule has 8 heteroatoms. The van der Waals surface area contributed by atoms with Crippen LogP contribution in [0, 0.1) is 11.6 Å². The molecule has 2 aromatic carbocycles. The first-order valence-electron chi connectivity index (χ1n) is 5.90. The van der Waals surface area contributed by atoms with Crippen molar-refractivity contribution >= 4 is 33.6 Å². The van der Waals surface area contributed by atoms with Crippen LogP contribution in [0.4, 0.5) is 23.7 Å². The number of benzene rings is 2. The topological polar surface area (TPSA) is 49.4 Å². The van der Waals surface area contributed by atoms with E-state index >= 15 is 0 Å². The maximum atomic E-state index is 13.7. The minimum absolute atomic E-state index is 0.0500. The van der Waals surface area contributed by atoms with E-state index in [1.165, 1.54) is 24.3 Å². The zero-order valence-corrected chi connectivity index (χ0v) is 12.4. The van der Waals surface area contributed by atoms with Gasteiger partial charge in [0.2, 0.25) is 0 Å². The van der Waals surface area contributed by atoms with Crippen molar-refractivity contribution < 1.29 is 22.9 Å². The van der Waals surface area contributed by atoms with Gasteiger partial charge in [-0.05, 0) is 36.4 Å². The molecule has 0 radical (unpaired) electrons. The fourth-order valence-corrected chi connectivity index (χ4v) is 2.04. The van der Waals surface area contributed by atoms with Crippen LogP contribution < -0.4 is 10.4 Å². The predicted octanol–water partition coefficient (Wildman–Crippen LogP) is 3.97. The second-order valence-corrected chi connectivity index (χ2v) is 5.03. The first-order chi connectivity index (χ1) is 10.5. The van der Waals surface area contributed by atoms with Crippen molar-refractivity contribution in [3.05, 3.63) is 64.1 Å². The van der Waals surface area contributed by atoms with Crippen LogP contribution in [0.3, 0.4) is 0 Å². The van der Waals surface area contributed by atoms with Gasteiger partial charge in [-0.2, -0.15) is 5.54 Å². The summed E-state index contributed by atoms with van der Waals surface area (Å²) < 4.78 is 40.5. The van der Waals surface area contributed by atoms with Crippen LogP contribution in [-0.4, -0.2) is 11.9 Å². The number of carbonyl (C=O) groups is 2. The van der Waals surface area contributed by atoms with Crippen LogP contribution >= 0.6 is 15.9 Å². The quantitative estimate of drug-likeness (QED) is 0.810. The molecule has 0 saturated heterocycles. The molecule has 0 fully saturated rings. The lowest BCUT2D eigenvalue weighted by molar-refractivity contribution is 0.0982. The number of nitrogens with zero attached hydrogens (tertiary/aromatic N) is 1. The van der Waals surface area contributed by atoms with Gasteiger partial charge in [0.25, 0.3) is 5.91 Å². The molecule has 0 aliphatic rings. The van der Waals surface area contributed by atoms with Gasteiger partial charge >= 0.3 is 6.03 Å². The number of hydrogen-bond donors (Lipinski definition) is 1. The Balaban J connectivity index is 2.52. The van der Waals surface area contributed by atoms with E-state index in [1.807, 2.05) is 0 Å². The van der Waals surface area contributed by atoms with Crippen molar-refractivity contribution in [3.8, 4) is 0 Å². The van der Waals surface area contributed by atoms with Gasteiger partial charge in [0, 0.05) is 4.47 Å². The summed E-state index contributed by atoms with van der Waals surface area (Å²) in [5.41, 5.74) is -0.223. The van der Waals surface area contributed by atoms with Gasteiger partial charge in [0.1, 0.15) is 17.2 Å². The van der Waals surface area contributed by atoms with E-state index in [9.17, 15) is 22.9 Å². The molecule has 0 bridgehead atoms. The lowest BCUT2D eigenvalue weighted by atomic mass is 10.1. The number of nitrogens with one attached hydrogen (secondary N) is 1. The minimum atomic E-state index is -1.46. The number of imide groups is 1. The van der Waals surface area contributed by atoms with Gasteiger partial charge in [0.05, 0.1) is 5.69 Å². The van der Waals surface area contributed by atoms with E-state index in [2.05, 4.69) is 15.9 Å². The molecule has 0 heterocycles. The van der Waals surface area contributed by atoms with E-state index in [1.54, 1.807) is 0 Å². The fourth-order valence-electron chi connectivity index (χ4n) is 1.77. The van der Waals surface area contributed by atoms with Gasteiger partial charge in [-0.15, -0.1) is 0 Å². The van der Waals surface area contributed by atoms with Crippen LogP contribution in [0.25, 0.3) is 0 Å². The maximum Gasteiger partial charge on any atom is 0.357 e.